The molecule has 0 heterocycles. The third-order valence-electron chi connectivity index (χ3n) is 2.65. The molecule has 1 aromatic carbocycles. The average molecular weight is 206 g/mol. The van der Waals surface area contributed by atoms with Gasteiger partial charge in [-0.2, -0.15) is 0 Å². The van der Waals surface area contributed by atoms with E-state index in [2.05, 4.69) is 45.9 Å². The highest BCUT2D eigenvalue weighted by Crippen LogP contribution is 2.29. The summed E-state index contributed by atoms with van der Waals surface area (Å²) in [6.07, 6.45) is 0.801. The van der Waals surface area contributed by atoms with Crippen molar-refractivity contribution in [3.8, 4) is 0 Å². The highest BCUT2D eigenvalue weighted by atomic mass is 16.3. The molecule has 1 nitrogen and oxygen atoms in total. The Morgan fingerprint density at radius 2 is 1.60 bits per heavy atom. The fourth-order valence-electron chi connectivity index (χ4n) is 2.20. The molecule has 0 amide bonds. The van der Waals surface area contributed by atoms with Crippen LogP contribution in [0.4, 0.5) is 0 Å². The fraction of sp³-hybridized carbons (Fsp3) is 0.571. The van der Waals surface area contributed by atoms with Crippen molar-refractivity contribution >= 4 is 0 Å². The van der Waals surface area contributed by atoms with E-state index in [0.717, 1.165) is 12.0 Å². The van der Waals surface area contributed by atoms with Crippen LogP contribution >= 0.6 is 0 Å². The Hall–Kier alpha value is -0.820. The van der Waals surface area contributed by atoms with Crippen molar-refractivity contribution < 1.29 is 5.11 Å². The van der Waals surface area contributed by atoms with E-state index >= 15 is 0 Å². The summed E-state index contributed by atoms with van der Waals surface area (Å²) in [6.45, 7) is 10.3. The van der Waals surface area contributed by atoms with Crippen LogP contribution in [0.2, 0.25) is 0 Å². The molecule has 1 atom stereocenters. The van der Waals surface area contributed by atoms with E-state index in [1.54, 1.807) is 0 Å². The SMILES string of the molecule is Cc1cc(C)cc(C(C)(O)CC(C)C)c1. The fourth-order valence-corrected chi connectivity index (χ4v) is 2.20. The third kappa shape index (κ3) is 3.35. The van der Waals surface area contributed by atoms with Gasteiger partial charge < -0.3 is 5.11 Å². The Bertz CT molecular complexity index is 317. The van der Waals surface area contributed by atoms with Gasteiger partial charge in [-0.1, -0.05) is 43.2 Å². The van der Waals surface area contributed by atoms with Crippen LogP contribution in [-0.4, -0.2) is 5.11 Å². The first kappa shape index (κ1) is 12.3. The number of aliphatic hydroxyl groups is 1. The molecule has 84 valence electrons. The van der Waals surface area contributed by atoms with Crippen LogP contribution in [0.1, 0.15) is 43.9 Å². The maximum Gasteiger partial charge on any atom is 0.0871 e. The lowest BCUT2D eigenvalue weighted by Gasteiger charge is -2.26. The summed E-state index contributed by atoms with van der Waals surface area (Å²) in [6, 6.07) is 6.29. The van der Waals surface area contributed by atoms with Crippen molar-refractivity contribution in [3.05, 3.63) is 34.9 Å². The Balaban J connectivity index is 3.03. The summed E-state index contributed by atoms with van der Waals surface area (Å²) in [5.41, 5.74) is 2.77. The van der Waals surface area contributed by atoms with Gasteiger partial charge in [0.25, 0.3) is 0 Å². The predicted octanol–water partition coefficient (Wildman–Crippen LogP) is 3.56. The number of hydrogen-bond acceptors (Lipinski definition) is 1. The zero-order valence-electron chi connectivity index (χ0n) is 10.5. The summed E-state index contributed by atoms with van der Waals surface area (Å²) in [7, 11) is 0. The van der Waals surface area contributed by atoms with Gasteiger partial charge in [0.15, 0.2) is 0 Å². The number of benzene rings is 1. The molecule has 15 heavy (non-hydrogen) atoms. The summed E-state index contributed by atoms with van der Waals surface area (Å²) in [4.78, 5) is 0. The van der Waals surface area contributed by atoms with Gasteiger partial charge in [0.2, 0.25) is 0 Å². The maximum atomic E-state index is 10.4. The van der Waals surface area contributed by atoms with Gasteiger partial charge in [0, 0.05) is 0 Å². The van der Waals surface area contributed by atoms with Gasteiger partial charge in [0.05, 0.1) is 5.60 Å². The largest absolute Gasteiger partial charge is 0.385 e. The molecule has 0 saturated carbocycles. The van der Waals surface area contributed by atoms with Crippen LogP contribution in [0.3, 0.4) is 0 Å². The second kappa shape index (κ2) is 4.36. The van der Waals surface area contributed by atoms with E-state index in [1.807, 2.05) is 6.92 Å². The van der Waals surface area contributed by atoms with Crippen LogP contribution in [0.5, 0.6) is 0 Å². The van der Waals surface area contributed by atoms with Crippen molar-refractivity contribution in [1.82, 2.24) is 0 Å². The summed E-state index contributed by atoms with van der Waals surface area (Å²) < 4.78 is 0. The molecule has 0 spiro atoms. The molecule has 1 heteroatoms. The van der Waals surface area contributed by atoms with Crippen LogP contribution in [0.15, 0.2) is 18.2 Å². The Morgan fingerprint density at radius 3 is 2.00 bits per heavy atom. The van der Waals surface area contributed by atoms with Gasteiger partial charge in [-0.3, -0.25) is 0 Å². The summed E-state index contributed by atoms with van der Waals surface area (Å²) in [5.74, 6) is 0.501. The van der Waals surface area contributed by atoms with E-state index in [4.69, 9.17) is 0 Å². The Kier molecular flexibility index (Phi) is 3.56. The molecule has 0 aliphatic carbocycles. The second-order valence-electron chi connectivity index (χ2n) is 5.25. The second-order valence-corrected chi connectivity index (χ2v) is 5.25. The van der Waals surface area contributed by atoms with Gasteiger partial charge in [0.1, 0.15) is 0 Å². The van der Waals surface area contributed by atoms with Gasteiger partial charge >= 0.3 is 0 Å². The quantitative estimate of drug-likeness (QED) is 0.801. The van der Waals surface area contributed by atoms with Crippen molar-refractivity contribution in [2.45, 2.75) is 46.6 Å². The minimum atomic E-state index is -0.703. The predicted molar refractivity (Wildman–Crippen MR) is 64.9 cm³/mol. The standard InChI is InChI=1S/C14H22O/c1-10(2)9-14(5,15)13-7-11(3)6-12(4)8-13/h6-8,10,15H,9H2,1-5H3. The molecular formula is C14H22O. The zero-order chi connectivity index (χ0) is 11.6. The average Bonchev–Trinajstić information content (AvgIpc) is 1.99. The Labute approximate surface area is 93.1 Å². The molecule has 0 aliphatic heterocycles. The lowest BCUT2D eigenvalue weighted by atomic mass is 9.86. The minimum Gasteiger partial charge on any atom is -0.385 e. The first-order valence-electron chi connectivity index (χ1n) is 5.62. The number of hydrogen-bond donors (Lipinski definition) is 1. The molecule has 0 aromatic heterocycles. The van der Waals surface area contributed by atoms with Crippen molar-refractivity contribution in [2.75, 3.05) is 0 Å². The van der Waals surface area contributed by atoms with Crippen LogP contribution in [0, 0.1) is 19.8 Å². The highest BCUT2D eigenvalue weighted by molar-refractivity contribution is 5.32. The first-order chi connectivity index (χ1) is 6.81. The molecule has 0 bridgehead atoms. The first-order valence-corrected chi connectivity index (χ1v) is 5.62. The number of rotatable bonds is 3. The lowest BCUT2D eigenvalue weighted by molar-refractivity contribution is 0.0347. The normalized spacial score (nSPS) is 15.4. The van der Waals surface area contributed by atoms with Crippen molar-refractivity contribution in [2.24, 2.45) is 5.92 Å². The monoisotopic (exact) mass is 206 g/mol. The van der Waals surface area contributed by atoms with E-state index in [9.17, 15) is 5.11 Å². The van der Waals surface area contributed by atoms with Gasteiger partial charge in [-0.15, -0.1) is 0 Å². The molecule has 0 saturated heterocycles. The van der Waals surface area contributed by atoms with Crippen molar-refractivity contribution in [1.29, 1.82) is 0 Å². The molecule has 0 aliphatic rings. The number of aryl methyl sites for hydroxylation is 2. The topological polar surface area (TPSA) is 20.2 Å². The van der Waals surface area contributed by atoms with Crippen LogP contribution < -0.4 is 0 Å². The molecule has 0 fully saturated rings. The third-order valence-corrected chi connectivity index (χ3v) is 2.65. The summed E-state index contributed by atoms with van der Waals surface area (Å²) in [5, 5.41) is 10.4. The maximum absolute atomic E-state index is 10.4. The molecule has 1 unspecified atom stereocenters. The molecule has 0 radical (unpaired) electrons. The van der Waals surface area contributed by atoms with Crippen LogP contribution in [-0.2, 0) is 5.60 Å². The van der Waals surface area contributed by atoms with Gasteiger partial charge in [-0.05, 0) is 38.7 Å². The van der Waals surface area contributed by atoms with E-state index < -0.39 is 5.60 Å². The zero-order valence-corrected chi connectivity index (χ0v) is 10.5. The highest BCUT2D eigenvalue weighted by Gasteiger charge is 2.24. The minimum absolute atomic E-state index is 0.501. The molecule has 1 N–H and O–H groups in total. The molecule has 1 rings (SSSR count). The van der Waals surface area contributed by atoms with Gasteiger partial charge in [-0.25, -0.2) is 0 Å². The van der Waals surface area contributed by atoms with E-state index in [0.29, 0.717) is 5.92 Å². The molecular weight excluding hydrogens is 184 g/mol. The van der Waals surface area contributed by atoms with E-state index in [1.165, 1.54) is 11.1 Å². The van der Waals surface area contributed by atoms with Crippen molar-refractivity contribution in [3.63, 3.8) is 0 Å². The summed E-state index contributed by atoms with van der Waals surface area (Å²) >= 11 is 0. The van der Waals surface area contributed by atoms with E-state index in [-0.39, 0.29) is 0 Å². The van der Waals surface area contributed by atoms with Crippen LogP contribution in [0.25, 0.3) is 0 Å². The lowest BCUT2D eigenvalue weighted by Crippen LogP contribution is -2.23. The Morgan fingerprint density at radius 1 is 1.13 bits per heavy atom. The smallest absolute Gasteiger partial charge is 0.0871 e. The molecule has 1 aromatic rings.